The maximum atomic E-state index is 5.97. The van der Waals surface area contributed by atoms with Gasteiger partial charge in [-0.25, -0.2) is 0 Å². The quantitative estimate of drug-likeness (QED) is 0.741. The number of likely N-dealkylation sites (N-methyl/N-ethyl adjacent to an activating group) is 1. The Morgan fingerprint density at radius 3 is 2.17 bits per heavy atom. The summed E-state index contributed by atoms with van der Waals surface area (Å²) in [6, 6.07) is 8.24. The van der Waals surface area contributed by atoms with E-state index in [1.807, 2.05) is 0 Å². The fourth-order valence-electron chi connectivity index (χ4n) is 1.99. The topological polar surface area (TPSA) is 30.9 Å². The van der Waals surface area contributed by atoms with Crippen molar-refractivity contribution in [2.75, 3.05) is 40.5 Å². The minimum atomic E-state index is -2.69. The first-order chi connectivity index (χ1) is 8.66. The first-order valence-corrected chi connectivity index (χ1v) is 7.97. The summed E-state index contributed by atoms with van der Waals surface area (Å²) in [7, 11) is 1.05. The monoisotopic (exact) mass is 267 g/mol. The van der Waals surface area contributed by atoms with Crippen LogP contribution in [0.25, 0.3) is 0 Å². The number of rotatable bonds is 2. The summed E-state index contributed by atoms with van der Waals surface area (Å²) in [5.74, 6) is 0. The largest absolute Gasteiger partial charge is 0.537 e. The summed E-state index contributed by atoms with van der Waals surface area (Å²) < 4.78 is 17.6. The fraction of sp³-hybridized carbons (Fsp3) is 0.538. The third kappa shape index (κ3) is 2.99. The smallest absolute Gasteiger partial charge is 0.373 e. The number of hydrogen-bond acceptors (Lipinski definition) is 4. The highest BCUT2D eigenvalue weighted by molar-refractivity contribution is 6.75. The van der Waals surface area contributed by atoms with Gasteiger partial charge >= 0.3 is 8.80 Å². The lowest BCUT2D eigenvalue weighted by molar-refractivity contribution is 0.0544. The molecule has 0 amide bonds. The average molecular weight is 267 g/mol. The van der Waals surface area contributed by atoms with E-state index in [0.717, 1.165) is 18.3 Å². The molecule has 1 aliphatic rings. The van der Waals surface area contributed by atoms with Crippen molar-refractivity contribution in [1.29, 1.82) is 0 Å². The SMILES string of the molecule is CO[Si]1(c2ccc(C)cc2)OCCN(C)CCO1. The van der Waals surface area contributed by atoms with Gasteiger partial charge < -0.3 is 18.2 Å². The molecule has 0 aliphatic carbocycles. The van der Waals surface area contributed by atoms with Gasteiger partial charge in [-0.3, -0.25) is 0 Å². The molecule has 1 aliphatic heterocycles. The Bertz CT molecular complexity index is 372. The predicted octanol–water partition coefficient (Wildman–Crippen LogP) is 0.766. The van der Waals surface area contributed by atoms with Crippen LogP contribution in [0.4, 0.5) is 0 Å². The molecular weight excluding hydrogens is 246 g/mol. The second kappa shape index (κ2) is 5.95. The first kappa shape index (κ1) is 13.7. The van der Waals surface area contributed by atoms with Gasteiger partial charge in [-0.1, -0.05) is 29.8 Å². The van der Waals surface area contributed by atoms with Crippen molar-refractivity contribution < 1.29 is 13.3 Å². The second-order valence-electron chi connectivity index (χ2n) is 4.63. The van der Waals surface area contributed by atoms with Crippen LogP contribution >= 0.6 is 0 Å². The molecule has 0 radical (unpaired) electrons. The van der Waals surface area contributed by atoms with Crippen LogP contribution in [-0.2, 0) is 13.3 Å². The van der Waals surface area contributed by atoms with Crippen molar-refractivity contribution in [3.63, 3.8) is 0 Å². The summed E-state index contributed by atoms with van der Waals surface area (Å²) in [6.45, 7) is 5.18. The number of aryl methyl sites for hydroxylation is 1. The molecule has 2 rings (SSSR count). The van der Waals surface area contributed by atoms with Crippen LogP contribution in [0.2, 0.25) is 0 Å². The molecule has 0 aromatic heterocycles. The Labute approximate surface area is 110 Å². The van der Waals surface area contributed by atoms with Crippen LogP contribution in [0.15, 0.2) is 24.3 Å². The molecule has 0 atom stereocenters. The van der Waals surface area contributed by atoms with Gasteiger partial charge in [0.1, 0.15) is 0 Å². The molecule has 5 heteroatoms. The van der Waals surface area contributed by atoms with Crippen molar-refractivity contribution in [3.05, 3.63) is 29.8 Å². The minimum absolute atomic E-state index is 0.643. The van der Waals surface area contributed by atoms with E-state index in [-0.39, 0.29) is 0 Å². The lowest BCUT2D eigenvalue weighted by Crippen LogP contribution is -2.58. The molecule has 18 heavy (non-hydrogen) atoms. The molecule has 1 saturated heterocycles. The van der Waals surface area contributed by atoms with Crippen molar-refractivity contribution >= 4 is 14.0 Å². The van der Waals surface area contributed by atoms with E-state index in [9.17, 15) is 0 Å². The van der Waals surface area contributed by atoms with E-state index in [1.165, 1.54) is 5.56 Å². The summed E-state index contributed by atoms with van der Waals surface area (Å²) in [4.78, 5) is 2.20. The number of hydrogen-bond donors (Lipinski definition) is 0. The van der Waals surface area contributed by atoms with Crippen LogP contribution in [0.3, 0.4) is 0 Å². The molecule has 4 nitrogen and oxygen atoms in total. The third-order valence-electron chi connectivity index (χ3n) is 3.20. The van der Waals surface area contributed by atoms with Crippen molar-refractivity contribution in [2.24, 2.45) is 0 Å². The highest BCUT2D eigenvalue weighted by Crippen LogP contribution is 2.12. The van der Waals surface area contributed by atoms with E-state index in [0.29, 0.717) is 13.2 Å². The maximum Gasteiger partial charge on any atom is 0.537 e. The van der Waals surface area contributed by atoms with E-state index < -0.39 is 8.80 Å². The van der Waals surface area contributed by atoms with E-state index in [1.54, 1.807) is 7.11 Å². The first-order valence-electron chi connectivity index (χ1n) is 6.25. The summed E-state index contributed by atoms with van der Waals surface area (Å²) in [5, 5.41) is 1.04. The van der Waals surface area contributed by atoms with Gasteiger partial charge in [0.2, 0.25) is 0 Å². The van der Waals surface area contributed by atoms with Crippen LogP contribution in [-0.4, -0.2) is 54.2 Å². The molecule has 1 fully saturated rings. The molecule has 0 bridgehead atoms. The Balaban J connectivity index is 2.20. The molecule has 0 spiro atoms. The maximum absolute atomic E-state index is 5.97. The highest BCUT2D eigenvalue weighted by Gasteiger charge is 2.43. The predicted molar refractivity (Wildman–Crippen MR) is 73.0 cm³/mol. The number of benzene rings is 1. The van der Waals surface area contributed by atoms with E-state index >= 15 is 0 Å². The van der Waals surface area contributed by atoms with E-state index in [2.05, 4.69) is 43.1 Å². The standard InChI is InChI=1S/C13H21NO3Si/c1-12-4-6-13(7-5-12)18(15-3)16-10-8-14(2)9-11-17-18/h4-7H,8-11H2,1-3H3. The van der Waals surface area contributed by atoms with Gasteiger partial charge in [0.15, 0.2) is 0 Å². The second-order valence-corrected chi connectivity index (χ2v) is 7.30. The number of nitrogens with zero attached hydrogens (tertiary/aromatic N) is 1. The van der Waals surface area contributed by atoms with Crippen molar-refractivity contribution in [1.82, 2.24) is 4.90 Å². The van der Waals surface area contributed by atoms with E-state index in [4.69, 9.17) is 13.3 Å². The van der Waals surface area contributed by atoms with Crippen LogP contribution in [0, 0.1) is 6.92 Å². The van der Waals surface area contributed by atoms with Crippen molar-refractivity contribution in [3.8, 4) is 0 Å². The molecule has 0 N–H and O–H groups in total. The molecule has 0 unspecified atom stereocenters. The van der Waals surface area contributed by atoms with Gasteiger partial charge in [-0.15, -0.1) is 0 Å². The summed E-state index contributed by atoms with van der Waals surface area (Å²) in [5.41, 5.74) is 1.23. The van der Waals surface area contributed by atoms with Gasteiger partial charge in [-0.05, 0) is 14.0 Å². The average Bonchev–Trinajstić information content (AvgIpc) is 2.35. The van der Waals surface area contributed by atoms with Crippen LogP contribution < -0.4 is 5.19 Å². The zero-order valence-corrected chi connectivity index (χ0v) is 12.3. The summed E-state index contributed by atoms with van der Waals surface area (Å²) >= 11 is 0. The zero-order chi connectivity index (χ0) is 13.0. The Morgan fingerprint density at radius 2 is 1.67 bits per heavy atom. The van der Waals surface area contributed by atoms with Crippen LogP contribution in [0.1, 0.15) is 5.56 Å². The molecule has 0 saturated carbocycles. The Hall–Kier alpha value is -0.723. The Morgan fingerprint density at radius 1 is 1.11 bits per heavy atom. The molecule has 100 valence electrons. The van der Waals surface area contributed by atoms with Gasteiger partial charge in [0.25, 0.3) is 0 Å². The Kier molecular flexibility index (Phi) is 4.53. The molecule has 1 aromatic carbocycles. The normalized spacial score (nSPS) is 21.3. The zero-order valence-electron chi connectivity index (χ0n) is 11.3. The lowest BCUT2D eigenvalue weighted by atomic mass is 10.2. The van der Waals surface area contributed by atoms with Gasteiger partial charge in [0, 0.05) is 25.4 Å². The fourth-order valence-corrected chi connectivity index (χ4v) is 4.17. The van der Waals surface area contributed by atoms with Crippen molar-refractivity contribution in [2.45, 2.75) is 6.92 Å². The van der Waals surface area contributed by atoms with Crippen LogP contribution in [0.5, 0.6) is 0 Å². The lowest BCUT2D eigenvalue weighted by Gasteiger charge is -2.32. The van der Waals surface area contributed by atoms with Gasteiger partial charge in [0.05, 0.1) is 13.2 Å². The molecule has 1 heterocycles. The summed E-state index contributed by atoms with van der Waals surface area (Å²) in [6.07, 6.45) is 0. The molecule has 1 aromatic rings. The highest BCUT2D eigenvalue weighted by atomic mass is 28.4. The third-order valence-corrected chi connectivity index (χ3v) is 5.95. The van der Waals surface area contributed by atoms with Gasteiger partial charge in [-0.2, -0.15) is 0 Å². The molecular formula is C13H21NO3Si. The minimum Gasteiger partial charge on any atom is -0.373 e.